The van der Waals surface area contributed by atoms with Crippen LogP contribution in [0, 0.1) is 5.92 Å². The normalized spacial score (nSPS) is 12.1. The van der Waals surface area contributed by atoms with Crippen LogP contribution >= 0.6 is 0 Å². The fourth-order valence-electron chi connectivity index (χ4n) is 1.57. The first-order valence-corrected chi connectivity index (χ1v) is 5.37. The molecule has 0 spiro atoms. The van der Waals surface area contributed by atoms with Crippen molar-refractivity contribution in [2.45, 2.75) is 46.6 Å². The van der Waals surface area contributed by atoms with Gasteiger partial charge in [0, 0.05) is 18.2 Å². The predicted octanol–water partition coefficient (Wildman–Crippen LogP) is 2.65. The molecule has 0 fully saturated rings. The van der Waals surface area contributed by atoms with Crippen LogP contribution in [0.4, 0.5) is 0 Å². The lowest BCUT2D eigenvalue weighted by molar-refractivity contribution is 0.112. The summed E-state index contributed by atoms with van der Waals surface area (Å²) >= 11 is 0. The third-order valence-corrected chi connectivity index (χ3v) is 2.18. The van der Waals surface area contributed by atoms with E-state index < -0.39 is 0 Å². The van der Waals surface area contributed by atoms with Crippen molar-refractivity contribution in [1.82, 2.24) is 9.78 Å². The smallest absolute Gasteiger partial charge is 0.153 e. The maximum atomic E-state index is 10.9. The van der Waals surface area contributed by atoms with E-state index in [9.17, 15) is 4.79 Å². The minimum Gasteiger partial charge on any atom is -0.298 e. The quantitative estimate of drug-likeness (QED) is 0.716. The summed E-state index contributed by atoms with van der Waals surface area (Å²) in [5.74, 6) is 0.539. The van der Waals surface area contributed by atoms with Crippen molar-refractivity contribution < 1.29 is 4.79 Å². The summed E-state index contributed by atoms with van der Waals surface area (Å²) in [6.45, 7) is 11.3. The molecule has 0 aliphatic carbocycles. The molecule has 0 saturated heterocycles. The molecule has 0 aliphatic heterocycles. The molecule has 3 nitrogen and oxygen atoms in total. The maximum Gasteiger partial charge on any atom is 0.153 e. The molecule has 0 saturated carbocycles. The largest absolute Gasteiger partial charge is 0.298 e. The monoisotopic (exact) mass is 208 g/mol. The molecule has 0 N–H and O–H groups in total. The predicted molar refractivity (Wildman–Crippen MR) is 61.2 cm³/mol. The minimum absolute atomic E-state index is 0.0710. The van der Waals surface area contributed by atoms with E-state index in [1.165, 1.54) is 0 Å². The lowest BCUT2D eigenvalue weighted by Crippen LogP contribution is -2.15. The third-order valence-electron chi connectivity index (χ3n) is 2.18. The van der Waals surface area contributed by atoms with E-state index in [0.29, 0.717) is 11.5 Å². The number of carbonyl (C=O) groups is 1. The first-order valence-electron chi connectivity index (χ1n) is 5.37. The molecule has 0 unspecified atom stereocenters. The fourth-order valence-corrected chi connectivity index (χ4v) is 1.57. The highest BCUT2D eigenvalue weighted by Crippen LogP contribution is 2.23. The zero-order valence-corrected chi connectivity index (χ0v) is 10.2. The summed E-state index contributed by atoms with van der Waals surface area (Å²) in [6, 6.07) is 0. The summed E-state index contributed by atoms with van der Waals surface area (Å²) in [5, 5.41) is 4.48. The number of hydrogen-bond donors (Lipinski definition) is 0. The maximum absolute atomic E-state index is 10.9. The van der Waals surface area contributed by atoms with Crippen molar-refractivity contribution in [3.63, 3.8) is 0 Å². The zero-order valence-electron chi connectivity index (χ0n) is 10.2. The van der Waals surface area contributed by atoms with E-state index in [2.05, 4.69) is 39.7 Å². The minimum atomic E-state index is -0.0710. The van der Waals surface area contributed by atoms with Gasteiger partial charge in [-0.1, -0.05) is 34.6 Å². The molecule has 0 atom stereocenters. The van der Waals surface area contributed by atoms with Gasteiger partial charge in [0.25, 0.3) is 0 Å². The van der Waals surface area contributed by atoms with Gasteiger partial charge in [-0.25, -0.2) is 0 Å². The van der Waals surface area contributed by atoms with Gasteiger partial charge in [-0.15, -0.1) is 0 Å². The Balaban J connectivity index is 3.06. The van der Waals surface area contributed by atoms with Crippen molar-refractivity contribution in [2.24, 2.45) is 5.92 Å². The molecular weight excluding hydrogens is 188 g/mol. The van der Waals surface area contributed by atoms with Crippen molar-refractivity contribution in [3.8, 4) is 0 Å². The Hall–Kier alpha value is -1.12. The molecule has 1 heterocycles. The first kappa shape index (κ1) is 12.0. The molecule has 3 heteroatoms. The molecule has 1 rings (SSSR count). The number of aldehydes is 1. The van der Waals surface area contributed by atoms with Crippen LogP contribution in [0.3, 0.4) is 0 Å². The van der Waals surface area contributed by atoms with E-state index >= 15 is 0 Å². The van der Waals surface area contributed by atoms with Gasteiger partial charge in [0.1, 0.15) is 0 Å². The van der Waals surface area contributed by atoms with E-state index in [-0.39, 0.29) is 5.41 Å². The molecular formula is C12H20N2O. The van der Waals surface area contributed by atoms with Gasteiger partial charge in [0.2, 0.25) is 0 Å². The standard InChI is InChI=1S/C12H20N2O/c1-9(2)6-14-7-10(8-15)11(13-14)12(3,4)5/h7-9H,6H2,1-5H3. The average molecular weight is 208 g/mol. The lowest BCUT2D eigenvalue weighted by Gasteiger charge is -2.15. The van der Waals surface area contributed by atoms with Crippen LogP contribution in [0.15, 0.2) is 6.20 Å². The second kappa shape index (κ2) is 4.17. The molecule has 0 radical (unpaired) electrons. The molecule has 15 heavy (non-hydrogen) atoms. The van der Waals surface area contributed by atoms with Gasteiger partial charge < -0.3 is 0 Å². The van der Waals surface area contributed by atoms with Crippen LogP contribution in [-0.2, 0) is 12.0 Å². The second-order valence-electron chi connectivity index (χ2n) is 5.42. The Kier molecular flexibility index (Phi) is 3.32. The summed E-state index contributed by atoms with van der Waals surface area (Å²) in [5.41, 5.74) is 1.53. The van der Waals surface area contributed by atoms with Gasteiger partial charge in [-0.2, -0.15) is 5.10 Å². The lowest BCUT2D eigenvalue weighted by atomic mass is 9.90. The van der Waals surface area contributed by atoms with Crippen molar-refractivity contribution in [1.29, 1.82) is 0 Å². The summed E-state index contributed by atoms with van der Waals surface area (Å²) < 4.78 is 1.87. The third kappa shape index (κ3) is 2.91. The molecule has 1 aromatic rings. The number of aromatic nitrogens is 2. The molecule has 0 bridgehead atoms. The average Bonchev–Trinajstić information content (AvgIpc) is 2.45. The first-order chi connectivity index (χ1) is 6.84. The summed E-state index contributed by atoms with van der Waals surface area (Å²) in [6.07, 6.45) is 2.73. The van der Waals surface area contributed by atoms with E-state index in [4.69, 9.17) is 0 Å². The van der Waals surface area contributed by atoms with E-state index in [1.54, 1.807) is 0 Å². The van der Waals surface area contributed by atoms with Gasteiger partial charge in [-0.05, 0) is 5.92 Å². The highest BCUT2D eigenvalue weighted by atomic mass is 16.1. The van der Waals surface area contributed by atoms with E-state index in [1.807, 2.05) is 10.9 Å². The Morgan fingerprint density at radius 1 is 1.47 bits per heavy atom. The Morgan fingerprint density at radius 3 is 2.40 bits per heavy atom. The Labute approximate surface area is 91.5 Å². The van der Waals surface area contributed by atoms with Gasteiger partial charge in [0.15, 0.2) is 6.29 Å². The number of rotatable bonds is 3. The van der Waals surface area contributed by atoms with Crippen LogP contribution < -0.4 is 0 Å². The molecule has 0 aliphatic rings. The SMILES string of the molecule is CC(C)Cn1cc(C=O)c(C(C)(C)C)n1. The molecule has 0 amide bonds. The van der Waals surface area contributed by atoms with Crippen molar-refractivity contribution >= 4 is 6.29 Å². The topological polar surface area (TPSA) is 34.9 Å². The van der Waals surface area contributed by atoms with Crippen molar-refractivity contribution in [3.05, 3.63) is 17.5 Å². The van der Waals surface area contributed by atoms with Crippen LogP contribution in [0.2, 0.25) is 0 Å². The highest BCUT2D eigenvalue weighted by Gasteiger charge is 2.22. The van der Waals surface area contributed by atoms with Crippen LogP contribution in [0.25, 0.3) is 0 Å². The summed E-state index contributed by atoms with van der Waals surface area (Å²) in [4.78, 5) is 10.9. The van der Waals surface area contributed by atoms with Gasteiger partial charge in [-0.3, -0.25) is 9.48 Å². The van der Waals surface area contributed by atoms with E-state index in [0.717, 1.165) is 18.5 Å². The van der Waals surface area contributed by atoms with Gasteiger partial charge >= 0.3 is 0 Å². The fraction of sp³-hybridized carbons (Fsp3) is 0.667. The molecule has 0 aromatic carbocycles. The highest BCUT2D eigenvalue weighted by molar-refractivity contribution is 5.76. The molecule has 84 valence electrons. The summed E-state index contributed by atoms with van der Waals surface area (Å²) in [7, 11) is 0. The van der Waals surface area contributed by atoms with Gasteiger partial charge in [0.05, 0.1) is 11.3 Å². The second-order valence-corrected chi connectivity index (χ2v) is 5.42. The zero-order chi connectivity index (χ0) is 11.6. The Morgan fingerprint density at radius 2 is 2.07 bits per heavy atom. The number of hydrogen-bond acceptors (Lipinski definition) is 2. The van der Waals surface area contributed by atoms with Crippen LogP contribution in [-0.4, -0.2) is 16.1 Å². The van der Waals surface area contributed by atoms with Crippen LogP contribution in [0.1, 0.15) is 50.7 Å². The van der Waals surface area contributed by atoms with Crippen LogP contribution in [0.5, 0.6) is 0 Å². The molecule has 1 aromatic heterocycles. The Bertz CT molecular complexity index is 345. The number of nitrogens with zero attached hydrogens (tertiary/aromatic N) is 2. The number of carbonyl (C=O) groups excluding carboxylic acids is 1. The van der Waals surface area contributed by atoms with Crippen molar-refractivity contribution in [2.75, 3.05) is 0 Å².